The molecule has 6 heteroatoms. The molecule has 0 amide bonds. The lowest BCUT2D eigenvalue weighted by atomic mass is 10.1. The van der Waals surface area contributed by atoms with Crippen LogP contribution in [0, 0.1) is 5.82 Å². The highest BCUT2D eigenvalue weighted by atomic mass is 32.2. The van der Waals surface area contributed by atoms with Crippen molar-refractivity contribution in [1.82, 2.24) is 15.2 Å². The number of halogens is 1. The lowest BCUT2D eigenvalue weighted by molar-refractivity contribution is 0.527. The van der Waals surface area contributed by atoms with E-state index in [2.05, 4.69) is 10.5 Å². The van der Waals surface area contributed by atoms with Gasteiger partial charge in [-0.3, -0.25) is 16.0 Å². The molecule has 0 spiro atoms. The molecular weight excluding hydrogens is 275 g/mol. The van der Waals surface area contributed by atoms with E-state index < -0.39 is 0 Å². The summed E-state index contributed by atoms with van der Waals surface area (Å²) in [6, 6.07) is 8.93. The van der Waals surface area contributed by atoms with E-state index in [0.29, 0.717) is 4.90 Å². The Labute approximate surface area is 122 Å². The van der Waals surface area contributed by atoms with Crippen molar-refractivity contribution >= 4 is 11.8 Å². The second kappa shape index (κ2) is 7.42. The molecule has 0 aliphatic rings. The molecule has 0 aliphatic carbocycles. The topological polar surface area (TPSA) is 55.9 Å². The van der Waals surface area contributed by atoms with Crippen molar-refractivity contribution in [2.75, 3.05) is 5.75 Å². The molecule has 0 bridgehead atoms. The highest BCUT2D eigenvalue weighted by Crippen LogP contribution is 2.22. The zero-order valence-corrected chi connectivity index (χ0v) is 12.2. The van der Waals surface area contributed by atoms with Gasteiger partial charge in [-0.2, -0.15) is 5.10 Å². The van der Waals surface area contributed by atoms with Crippen molar-refractivity contribution < 1.29 is 4.39 Å². The van der Waals surface area contributed by atoms with Crippen LogP contribution in [0.15, 0.2) is 41.4 Å². The first-order chi connectivity index (χ1) is 9.70. The first kappa shape index (κ1) is 15.0. The van der Waals surface area contributed by atoms with E-state index in [1.807, 2.05) is 23.9 Å². The summed E-state index contributed by atoms with van der Waals surface area (Å²) < 4.78 is 15.4. The van der Waals surface area contributed by atoms with Crippen LogP contribution in [0.5, 0.6) is 0 Å². The van der Waals surface area contributed by atoms with Crippen LogP contribution in [-0.4, -0.2) is 21.6 Å². The number of hydrogen-bond acceptors (Lipinski definition) is 4. The van der Waals surface area contributed by atoms with Gasteiger partial charge in [-0.15, -0.1) is 11.8 Å². The quantitative estimate of drug-likeness (QED) is 0.466. The molecule has 0 saturated heterocycles. The Morgan fingerprint density at radius 2 is 2.20 bits per heavy atom. The molecule has 1 heterocycles. The second-order valence-corrected chi connectivity index (χ2v) is 5.65. The van der Waals surface area contributed by atoms with E-state index >= 15 is 0 Å². The van der Waals surface area contributed by atoms with Crippen molar-refractivity contribution in [3.63, 3.8) is 0 Å². The Kier molecular flexibility index (Phi) is 5.58. The summed E-state index contributed by atoms with van der Waals surface area (Å²) in [6.07, 6.45) is 3.56. The van der Waals surface area contributed by atoms with E-state index in [0.717, 1.165) is 18.6 Å². The average Bonchev–Trinajstić information content (AvgIpc) is 2.86. The maximum absolute atomic E-state index is 13.5. The standard InChI is InChI=1S/C14H19FN4S/c1-19-12(8-9-17-19)7-6-11(18-16)10-20-14-5-3-2-4-13(14)15/h2-5,8-9,11,18H,6-7,10,16H2,1H3. The van der Waals surface area contributed by atoms with Crippen LogP contribution < -0.4 is 11.3 Å². The zero-order chi connectivity index (χ0) is 14.4. The SMILES string of the molecule is Cn1nccc1CCC(CSc1ccccc1F)NN. The number of thioether (sulfide) groups is 1. The Morgan fingerprint density at radius 1 is 1.40 bits per heavy atom. The van der Waals surface area contributed by atoms with Crippen LogP contribution in [0.4, 0.5) is 4.39 Å². The Bertz CT molecular complexity index is 543. The van der Waals surface area contributed by atoms with E-state index in [1.165, 1.54) is 23.5 Å². The lowest BCUT2D eigenvalue weighted by Gasteiger charge is -2.15. The molecule has 2 aromatic rings. The summed E-state index contributed by atoms with van der Waals surface area (Å²) in [4.78, 5) is 0.660. The lowest BCUT2D eigenvalue weighted by Crippen LogP contribution is -2.37. The number of nitrogens with two attached hydrogens (primary N) is 1. The molecule has 0 saturated carbocycles. The van der Waals surface area contributed by atoms with Gasteiger partial charge in [-0.25, -0.2) is 4.39 Å². The number of nitrogens with zero attached hydrogens (tertiary/aromatic N) is 2. The van der Waals surface area contributed by atoms with Crippen molar-refractivity contribution in [2.45, 2.75) is 23.8 Å². The predicted molar refractivity (Wildman–Crippen MR) is 79.8 cm³/mol. The van der Waals surface area contributed by atoms with Crippen LogP contribution in [0.2, 0.25) is 0 Å². The first-order valence-corrected chi connectivity index (χ1v) is 7.49. The largest absolute Gasteiger partial charge is 0.273 e. The van der Waals surface area contributed by atoms with Crippen molar-refractivity contribution in [3.05, 3.63) is 48.0 Å². The molecule has 108 valence electrons. The summed E-state index contributed by atoms with van der Waals surface area (Å²) in [6.45, 7) is 0. The number of rotatable bonds is 7. The molecule has 1 aromatic heterocycles. The molecule has 1 unspecified atom stereocenters. The minimum Gasteiger partial charge on any atom is -0.273 e. The number of benzene rings is 1. The van der Waals surface area contributed by atoms with Crippen LogP contribution in [0.1, 0.15) is 12.1 Å². The van der Waals surface area contributed by atoms with Gasteiger partial charge in [0.2, 0.25) is 0 Å². The van der Waals surface area contributed by atoms with Crippen LogP contribution in [0.25, 0.3) is 0 Å². The minimum atomic E-state index is -0.181. The average molecular weight is 294 g/mol. The first-order valence-electron chi connectivity index (χ1n) is 6.51. The Morgan fingerprint density at radius 3 is 2.85 bits per heavy atom. The molecule has 3 N–H and O–H groups in total. The van der Waals surface area contributed by atoms with Crippen molar-refractivity contribution in [1.29, 1.82) is 0 Å². The minimum absolute atomic E-state index is 0.134. The molecule has 4 nitrogen and oxygen atoms in total. The highest BCUT2D eigenvalue weighted by molar-refractivity contribution is 7.99. The molecule has 1 aromatic carbocycles. The van der Waals surface area contributed by atoms with Gasteiger partial charge >= 0.3 is 0 Å². The normalized spacial score (nSPS) is 12.6. The molecule has 2 rings (SSSR count). The molecule has 20 heavy (non-hydrogen) atoms. The summed E-state index contributed by atoms with van der Waals surface area (Å²) in [5.41, 5.74) is 3.97. The second-order valence-electron chi connectivity index (χ2n) is 4.59. The number of hydrogen-bond donors (Lipinski definition) is 2. The van der Waals surface area contributed by atoms with E-state index in [4.69, 9.17) is 5.84 Å². The fourth-order valence-corrected chi connectivity index (χ4v) is 2.96. The number of nitrogens with one attached hydrogen (secondary N) is 1. The van der Waals surface area contributed by atoms with Crippen molar-refractivity contribution in [2.24, 2.45) is 12.9 Å². The summed E-state index contributed by atoms with van der Waals surface area (Å²) >= 11 is 1.48. The van der Waals surface area contributed by atoms with Gasteiger partial charge in [0.25, 0.3) is 0 Å². The third-order valence-corrected chi connectivity index (χ3v) is 4.39. The highest BCUT2D eigenvalue weighted by Gasteiger charge is 2.10. The summed E-state index contributed by atoms with van der Waals surface area (Å²) in [7, 11) is 1.92. The maximum atomic E-state index is 13.5. The predicted octanol–water partition coefficient (Wildman–Crippen LogP) is 2.12. The maximum Gasteiger partial charge on any atom is 0.136 e. The smallest absolute Gasteiger partial charge is 0.136 e. The van der Waals surface area contributed by atoms with Gasteiger partial charge in [0.1, 0.15) is 5.82 Å². The third kappa shape index (κ3) is 4.06. The molecule has 0 fully saturated rings. The van der Waals surface area contributed by atoms with Gasteiger partial charge in [-0.1, -0.05) is 12.1 Å². The molecule has 0 aliphatic heterocycles. The van der Waals surface area contributed by atoms with Crippen molar-refractivity contribution in [3.8, 4) is 0 Å². The molecule has 0 radical (unpaired) electrons. The van der Waals surface area contributed by atoms with E-state index in [1.54, 1.807) is 18.3 Å². The fourth-order valence-electron chi connectivity index (χ4n) is 1.94. The Balaban J connectivity index is 1.84. The fraction of sp³-hybridized carbons (Fsp3) is 0.357. The van der Waals surface area contributed by atoms with Gasteiger partial charge in [0, 0.05) is 35.6 Å². The molecule has 1 atom stereocenters. The number of hydrazine groups is 1. The number of aromatic nitrogens is 2. The van der Waals surface area contributed by atoms with Gasteiger partial charge < -0.3 is 0 Å². The Hall–Kier alpha value is -1.37. The summed E-state index contributed by atoms with van der Waals surface area (Å²) in [5, 5.41) is 4.14. The number of aryl methyl sites for hydroxylation is 2. The van der Waals surface area contributed by atoms with E-state index in [-0.39, 0.29) is 11.9 Å². The van der Waals surface area contributed by atoms with Gasteiger partial charge in [0.15, 0.2) is 0 Å². The molecular formula is C14H19FN4S. The summed E-state index contributed by atoms with van der Waals surface area (Å²) in [5.74, 6) is 6.12. The van der Waals surface area contributed by atoms with E-state index in [9.17, 15) is 4.39 Å². The van der Waals surface area contributed by atoms with Gasteiger partial charge in [-0.05, 0) is 31.0 Å². The van der Waals surface area contributed by atoms with Crippen LogP contribution in [-0.2, 0) is 13.5 Å². The zero-order valence-electron chi connectivity index (χ0n) is 11.4. The third-order valence-electron chi connectivity index (χ3n) is 3.18. The monoisotopic (exact) mass is 294 g/mol. The van der Waals surface area contributed by atoms with Gasteiger partial charge in [0.05, 0.1) is 0 Å². The van der Waals surface area contributed by atoms with Crippen LogP contribution >= 0.6 is 11.8 Å². The van der Waals surface area contributed by atoms with Crippen LogP contribution in [0.3, 0.4) is 0 Å².